The summed E-state index contributed by atoms with van der Waals surface area (Å²) in [5, 5.41) is 3.58. The minimum Gasteiger partial charge on any atom is -0.345 e. The molecule has 2 aromatic rings. The first-order chi connectivity index (χ1) is 14.7. The van der Waals surface area contributed by atoms with Crippen LogP contribution >= 0.6 is 11.3 Å². The van der Waals surface area contributed by atoms with E-state index < -0.39 is 15.7 Å². The number of nitrogens with zero attached hydrogens (tertiary/aromatic N) is 3. The Kier molecular flexibility index (Phi) is 6.48. The predicted octanol–water partition coefficient (Wildman–Crippen LogP) is 4.00. The fourth-order valence-electron chi connectivity index (χ4n) is 4.32. The van der Waals surface area contributed by atoms with Crippen LogP contribution in [0.5, 0.6) is 0 Å². The average molecular weight is 469 g/mol. The van der Waals surface area contributed by atoms with Crippen molar-refractivity contribution in [3.05, 3.63) is 12.0 Å². The summed E-state index contributed by atoms with van der Waals surface area (Å²) < 4.78 is 37.9. The quantitative estimate of drug-likeness (QED) is 0.630. The van der Waals surface area contributed by atoms with Gasteiger partial charge in [-0.25, -0.2) is 22.8 Å². The first-order valence-corrected chi connectivity index (χ1v) is 13.8. The lowest BCUT2D eigenvalue weighted by atomic mass is 9.84. The van der Waals surface area contributed by atoms with Crippen molar-refractivity contribution in [3.63, 3.8) is 0 Å². The Morgan fingerprint density at radius 3 is 2.58 bits per heavy atom. The van der Waals surface area contributed by atoms with Gasteiger partial charge in [-0.05, 0) is 57.8 Å². The number of carbonyl (C=O) groups excluding carboxylic acids is 1. The van der Waals surface area contributed by atoms with Gasteiger partial charge in [-0.15, -0.1) is 0 Å². The van der Waals surface area contributed by atoms with Crippen LogP contribution in [0.15, 0.2) is 6.20 Å². The van der Waals surface area contributed by atoms with Crippen molar-refractivity contribution in [1.29, 1.82) is 0 Å². The van der Waals surface area contributed by atoms with Gasteiger partial charge < -0.3 is 10.2 Å². The molecule has 2 aliphatic rings. The van der Waals surface area contributed by atoms with E-state index in [1.54, 1.807) is 0 Å². The summed E-state index contributed by atoms with van der Waals surface area (Å²) in [6.45, 7) is 2.81. The van der Waals surface area contributed by atoms with E-state index in [1.165, 1.54) is 17.6 Å². The van der Waals surface area contributed by atoms with Gasteiger partial charge in [-0.1, -0.05) is 11.3 Å². The summed E-state index contributed by atoms with van der Waals surface area (Å²) in [4.78, 5) is 23.1. The van der Waals surface area contributed by atoms with Gasteiger partial charge in [0.15, 0.2) is 16.8 Å². The fourth-order valence-corrected chi connectivity index (χ4v) is 6.24. The molecule has 0 radical (unpaired) electrons. The number of sulfone groups is 1. The highest BCUT2D eigenvalue weighted by atomic mass is 32.2. The third-order valence-corrected chi connectivity index (χ3v) is 8.37. The summed E-state index contributed by atoms with van der Waals surface area (Å²) in [7, 11) is -2.92. The van der Waals surface area contributed by atoms with Crippen LogP contribution in [-0.4, -0.2) is 48.9 Å². The summed E-state index contributed by atoms with van der Waals surface area (Å²) in [5.41, 5.74) is 0.251. The zero-order valence-corrected chi connectivity index (χ0v) is 19.6. The third-order valence-electron chi connectivity index (χ3n) is 6.29. The number of halogens is 1. The highest BCUT2D eigenvalue weighted by molar-refractivity contribution is 7.90. The minimum atomic E-state index is -2.92. The van der Waals surface area contributed by atoms with E-state index >= 15 is 0 Å². The number of nitrogens with one attached hydrogen (secondary N) is 1. The molecule has 1 N–H and O–H groups in total. The van der Waals surface area contributed by atoms with Crippen LogP contribution in [0.2, 0.25) is 0 Å². The van der Waals surface area contributed by atoms with Crippen molar-refractivity contribution in [2.45, 2.75) is 57.9 Å². The molecule has 10 heteroatoms. The van der Waals surface area contributed by atoms with Crippen molar-refractivity contribution in [1.82, 2.24) is 9.97 Å². The van der Waals surface area contributed by atoms with E-state index in [4.69, 9.17) is 0 Å². The van der Waals surface area contributed by atoms with Crippen molar-refractivity contribution >= 4 is 48.2 Å². The molecule has 0 bridgehead atoms. The van der Waals surface area contributed by atoms with Crippen LogP contribution in [0.3, 0.4) is 0 Å². The third kappa shape index (κ3) is 5.34. The van der Waals surface area contributed by atoms with E-state index in [2.05, 4.69) is 27.1 Å². The number of carbonyl (C=O) groups is 1. The van der Waals surface area contributed by atoms with Crippen LogP contribution in [0.4, 0.5) is 15.3 Å². The minimum absolute atomic E-state index is 0.0410. The lowest BCUT2D eigenvalue weighted by Gasteiger charge is -2.36. The number of hydrogen-bond donors (Lipinski definition) is 1. The van der Waals surface area contributed by atoms with Gasteiger partial charge >= 0.3 is 0 Å². The second-order valence-corrected chi connectivity index (χ2v) is 12.0. The molecule has 2 aromatic heterocycles. The molecule has 0 atom stereocenters. The number of hydrogen-bond acceptors (Lipinski definition) is 7. The van der Waals surface area contributed by atoms with Gasteiger partial charge in [0.1, 0.15) is 20.1 Å². The highest BCUT2D eigenvalue weighted by Crippen LogP contribution is 2.39. The molecule has 2 saturated carbocycles. The Labute approximate surface area is 186 Å². The van der Waals surface area contributed by atoms with Crippen molar-refractivity contribution in [2.24, 2.45) is 11.8 Å². The Morgan fingerprint density at radius 1 is 1.26 bits per heavy atom. The molecule has 2 heterocycles. The summed E-state index contributed by atoms with van der Waals surface area (Å²) in [6, 6.07) is 0.292. The zero-order chi connectivity index (χ0) is 22.2. The molecule has 31 heavy (non-hydrogen) atoms. The number of amides is 1. The molecule has 0 aliphatic heterocycles. The monoisotopic (exact) mass is 468 g/mol. The van der Waals surface area contributed by atoms with Crippen LogP contribution < -0.4 is 10.2 Å². The molecule has 2 fully saturated rings. The topological polar surface area (TPSA) is 92.3 Å². The molecule has 4 rings (SSSR count). The molecular formula is C21H29FN4O3S2. The van der Waals surface area contributed by atoms with E-state index in [1.807, 2.05) is 0 Å². The van der Waals surface area contributed by atoms with E-state index in [0.29, 0.717) is 22.5 Å². The number of thiazole rings is 1. The number of aromatic nitrogens is 2. The SMILES string of the molecule is CCN(c1nc2c(F)cnc(NC(=O)C3CC3)c2s1)C1CCC(CCS(C)(=O)=O)CC1. The van der Waals surface area contributed by atoms with Gasteiger partial charge in [0.05, 0.1) is 11.9 Å². The smallest absolute Gasteiger partial charge is 0.228 e. The number of pyridine rings is 1. The number of anilines is 2. The molecule has 2 aliphatic carbocycles. The summed E-state index contributed by atoms with van der Waals surface area (Å²) in [5.74, 6) is 0.569. The second kappa shape index (κ2) is 8.97. The fraction of sp³-hybridized carbons (Fsp3) is 0.667. The average Bonchev–Trinajstić information content (AvgIpc) is 3.49. The van der Waals surface area contributed by atoms with Gasteiger partial charge in [0.2, 0.25) is 5.91 Å². The molecule has 0 saturated heterocycles. The maximum absolute atomic E-state index is 14.4. The summed E-state index contributed by atoms with van der Waals surface area (Å²) in [6.07, 6.45) is 8.81. The molecule has 0 aromatic carbocycles. The standard InChI is InChI=1S/C21H29FN4O3S2/c1-3-26(15-8-4-13(5-9-15)10-11-31(2,28)29)21-24-17-16(22)12-23-19(18(17)30-21)25-20(27)14-6-7-14/h12-15H,3-11H2,1-2H3,(H,23,25,27). The van der Waals surface area contributed by atoms with Crippen molar-refractivity contribution in [2.75, 3.05) is 28.8 Å². The first-order valence-electron chi connectivity index (χ1n) is 11.0. The zero-order valence-electron chi connectivity index (χ0n) is 17.9. The molecular weight excluding hydrogens is 439 g/mol. The van der Waals surface area contributed by atoms with Crippen LogP contribution in [0, 0.1) is 17.7 Å². The Morgan fingerprint density at radius 2 is 1.97 bits per heavy atom. The molecule has 170 valence electrons. The Hall–Kier alpha value is -1.81. The highest BCUT2D eigenvalue weighted by Gasteiger charge is 2.31. The Bertz CT molecular complexity index is 1060. The molecule has 0 unspecified atom stereocenters. The Balaban J connectivity index is 1.49. The maximum atomic E-state index is 14.4. The lowest BCUT2D eigenvalue weighted by molar-refractivity contribution is -0.117. The first kappa shape index (κ1) is 22.4. The van der Waals surface area contributed by atoms with Gasteiger partial charge in [-0.2, -0.15) is 0 Å². The van der Waals surface area contributed by atoms with Crippen LogP contribution in [0.1, 0.15) is 51.9 Å². The number of rotatable bonds is 8. The van der Waals surface area contributed by atoms with Gasteiger partial charge in [0.25, 0.3) is 0 Å². The van der Waals surface area contributed by atoms with Gasteiger partial charge in [-0.3, -0.25) is 4.79 Å². The van der Waals surface area contributed by atoms with Crippen molar-refractivity contribution in [3.8, 4) is 0 Å². The lowest BCUT2D eigenvalue weighted by Crippen LogP contribution is -2.38. The van der Waals surface area contributed by atoms with Crippen LogP contribution in [-0.2, 0) is 14.6 Å². The summed E-state index contributed by atoms with van der Waals surface area (Å²) >= 11 is 1.37. The second-order valence-electron chi connectivity index (χ2n) is 8.77. The maximum Gasteiger partial charge on any atom is 0.228 e. The van der Waals surface area contributed by atoms with Crippen LogP contribution in [0.25, 0.3) is 10.2 Å². The van der Waals surface area contributed by atoms with E-state index in [-0.39, 0.29) is 23.1 Å². The molecule has 1 amide bonds. The largest absolute Gasteiger partial charge is 0.345 e. The predicted molar refractivity (Wildman–Crippen MR) is 122 cm³/mol. The van der Waals surface area contributed by atoms with E-state index in [0.717, 1.165) is 62.8 Å². The van der Waals surface area contributed by atoms with Gasteiger partial charge in [0, 0.05) is 24.8 Å². The normalized spacial score (nSPS) is 21.9. The van der Waals surface area contributed by atoms with Crippen molar-refractivity contribution < 1.29 is 17.6 Å². The van der Waals surface area contributed by atoms with E-state index in [9.17, 15) is 17.6 Å². The molecule has 7 nitrogen and oxygen atoms in total. The number of fused-ring (bicyclic) bond motifs is 1. The molecule has 0 spiro atoms.